The van der Waals surface area contributed by atoms with E-state index < -0.39 is 6.04 Å². The topological polar surface area (TPSA) is 46.6 Å². The summed E-state index contributed by atoms with van der Waals surface area (Å²) >= 11 is 5.81. The summed E-state index contributed by atoms with van der Waals surface area (Å²) in [7, 11) is 0. The number of hydrogen-bond acceptors (Lipinski definition) is 3. The van der Waals surface area contributed by atoms with Crippen LogP contribution in [-0.4, -0.2) is 36.0 Å². The maximum Gasteiger partial charge on any atom is 0.328 e. The van der Waals surface area contributed by atoms with Gasteiger partial charge in [-0.25, -0.2) is 4.79 Å². The highest BCUT2D eigenvalue weighted by Crippen LogP contribution is 2.22. The Kier molecular flexibility index (Phi) is 5.01. The predicted octanol–water partition coefficient (Wildman–Crippen LogP) is 2.90. The Labute approximate surface area is 123 Å². The lowest BCUT2D eigenvalue weighted by atomic mass is 10.1. The molecule has 1 heterocycles. The normalized spacial score (nSPS) is 18.1. The van der Waals surface area contributed by atoms with Gasteiger partial charge in [0.25, 0.3) is 5.91 Å². The first-order valence-corrected chi connectivity index (χ1v) is 7.24. The van der Waals surface area contributed by atoms with Gasteiger partial charge in [0.15, 0.2) is 0 Å². The standard InChI is InChI=1S/C15H18ClNO3/c1-2-10-20-15(19)13-4-3-9-17(13)14(18)11-5-7-12(16)8-6-11/h5-8,13H,2-4,9-10H2,1H3. The van der Waals surface area contributed by atoms with Crippen molar-refractivity contribution in [2.45, 2.75) is 32.2 Å². The molecule has 0 spiro atoms. The van der Waals surface area contributed by atoms with Crippen molar-refractivity contribution in [1.29, 1.82) is 0 Å². The minimum absolute atomic E-state index is 0.141. The van der Waals surface area contributed by atoms with Gasteiger partial charge in [-0.15, -0.1) is 0 Å². The minimum atomic E-state index is -0.454. The van der Waals surface area contributed by atoms with Crippen LogP contribution in [0.3, 0.4) is 0 Å². The number of esters is 1. The molecule has 1 aromatic rings. The molecule has 0 radical (unpaired) electrons. The lowest BCUT2D eigenvalue weighted by Crippen LogP contribution is -2.41. The van der Waals surface area contributed by atoms with Crippen molar-refractivity contribution in [3.8, 4) is 0 Å². The second-order valence-corrected chi connectivity index (χ2v) is 5.27. The fourth-order valence-electron chi connectivity index (χ4n) is 2.31. The van der Waals surface area contributed by atoms with Crippen LogP contribution in [0.5, 0.6) is 0 Å². The number of halogens is 1. The fraction of sp³-hybridized carbons (Fsp3) is 0.467. The summed E-state index contributed by atoms with van der Waals surface area (Å²) in [4.78, 5) is 26.0. The molecule has 20 heavy (non-hydrogen) atoms. The Morgan fingerprint density at radius 1 is 1.35 bits per heavy atom. The second-order valence-electron chi connectivity index (χ2n) is 4.83. The molecular weight excluding hydrogens is 278 g/mol. The summed E-state index contributed by atoms with van der Waals surface area (Å²) in [5, 5.41) is 0.585. The zero-order valence-electron chi connectivity index (χ0n) is 11.5. The molecule has 0 aliphatic carbocycles. The first-order valence-electron chi connectivity index (χ1n) is 6.86. The number of hydrogen-bond donors (Lipinski definition) is 0. The quantitative estimate of drug-likeness (QED) is 0.803. The van der Waals surface area contributed by atoms with Gasteiger partial charge in [0.1, 0.15) is 6.04 Å². The van der Waals surface area contributed by atoms with Crippen molar-refractivity contribution in [3.63, 3.8) is 0 Å². The molecule has 0 N–H and O–H groups in total. The highest BCUT2D eigenvalue weighted by molar-refractivity contribution is 6.30. The van der Waals surface area contributed by atoms with Gasteiger partial charge in [-0.3, -0.25) is 4.79 Å². The lowest BCUT2D eigenvalue weighted by molar-refractivity contribution is -0.148. The van der Waals surface area contributed by atoms with E-state index in [0.29, 0.717) is 30.2 Å². The molecule has 2 rings (SSSR count). The van der Waals surface area contributed by atoms with Crippen molar-refractivity contribution in [1.82, 2.24) is 4.90 Å². The Morgan fingerprint density at radius 2 is 2.05 bits per heavy atom. The summed E-state index contributed by atoms with van der Waals surface area (Å²) in [5.74, 6) is -0.440. The smallest absolute Gasteiger partial charge is 0.328 e. The number of carbonyl (C=O) groups excluding carboxylic acids is 2. The van der Waals surface area contributed by atoms with Crippen LogP contribution in [0.1, 0.15) is 36.5 Å². The predicted molar refractivity (Wildman–Crippen MR) is 76.8 cm³/mol. The molecule has 1 atom stereocenters. The van der Waals surface area contributed by atoms with Crippen LogP contribution in [0.15, 0.2) is 24.3 Å². The largest absolute Gasteiger partial charge is 0.464 e. The van der Waals surface area contributed by atoms with Gasteiger partial charge < -0.3 is 9.64 Å². The number of ether oxygens (including phenoxy) is 1. The lowest BCUT2D eigenvalue weighted by Gasteiger charge is -2.23. The van der Waals surface area contributed by atoms with Crippen molar-refractivity contribution < 1.29 is 14.3 Å². The molecular formula is C15H18ClNO3. The Morgan fingerprint density at radius 3 is 2.70 bits per heavy atom. The molecule has 4 nitrogen and oxygen atoms in total. The third-order valence-corrected chi connectivity index (χ3v) is 3.58. The molecule has 1 aliphatic heterocycles. The van der Waals surface area contributed by atoms with Gasteiger partial charge in [-0.1, -0.05) is 18.5 Å². The van der Waals surface area contributed by atoms with Gasteiger partial charge in [0, 0.05) is 17.1 Å². The zero-order chi connectivity index (χ0) is 14.5. The first-order chi connectivity index (χ1) is 9.63. The third-order valence-electron chi connectivity index (χ3n) is 3.33. The number of amides is 1. The molecule has 1 saturated heterocycles. The number of carbonyl (C=O) groups is 2. The van der Waals surface area contributed by atoms with Gasteiger partial charge in [0.2, 0.25) is 0 Å². The van der Waals surface area contributed by atoms with Gasteiger partial charge in [-0.05, 0) is 43.5 Å². The Hall–Kier alpha value is -1.55. The van der Waals surface area contributed by atoms with Crippen LogP contribution in [0.25, 0.3) is 0 Å². The monoisotopic (exact) mass is 295 g/mol. The summed E-state index contributed by atoms with van der Waals surface area (Å²) < 4.78 is 5.16. The van der Waals surface area contributed by atoms with Crippen LogP contribution in [0.4, 0.5) is 0 Å². The van der Waals surface area contributed by atoms with E-state index in [1.807, 2.05) is 6.92 Å². The zero-order valence-corrected chi connectivity index (χ0v) is 12.2. The minimum Gasteiger partial charge on any atom is -0.464 e. The summed E-state index contributed by atoms with van der Waals surface area (Å²) in [6.07, 6.45) is 2.27. The van der Waals surface area contributed by atoms with Crippen molar-refractivity contribution >= 4 is 23.5 Å². The van der Waals surface area contributed by atoms with Gasteiger partial charge in [0.05, 0.1) is 6.61 Å². The average molecular weight is 296 g/mol. The molecule has 0 bridgehead atoms. The number of rotatable bonds is 4. The number of nitrogens with zero attached hydrogens (tertiary/aromatic N) is 1. The van der Waals surface area contributed by atoms with E-state index in [1.165, 1.54) is 0 Å². The summed E-state index contributed by atoms with van der Waals surface area (Å²) in [6, 6.07) is 6.25. The van der Waals surface area contributed by atoms with Crippen molar-refractivity contribution in [3.05, 3.63) is 34.9 Å². The van der Waals surface area contributed by atoms with E-state index in [0.717, 1.165) is 12.8 Å². The summed E-state index contributed by atoms with van der Waals surface area (Å²) in [5.41, 5.74) is 0.546. The SMILES string of the molecule is CCCOC(=O)C1CCCN1C(=O)c1ccc(Cl)cc1. The van der Waals surface area contributed by atoms with Crippen LogP contribution >= 0.6 is 11.6 Å². The highest BCUT2D eigenvalue weighted by atomic mass is 35.5. The molecule has 1 aromatic carbocycles. The molecule has 5 heteroatoms. The van der Waals surface area contributed by atoms with Gasteiger partial charge >= 0.3 is 5.97 Å². The Bertz CT molecular complexity index is 486. The highest BCUT2D eigenvalue weighted by Gasteiger charge is 2.35. The molecule has 1 amide bonds. The molecule has 0 saturated carbocycles. The molecule has 108 valence electrons. The van der Waals surface area contributed by atoms with E-state index in [9.17, 15) is 9.59 Å². The van der Waals surface area contributed by atoms with E-state index in [1.54, 1.807) is 29.2 Å². The van der Waals surface area contributed by atoms with Gasteiger partial charge in [-0.2, -0.15) is 0 Å². The first kappa shape index (κ1) is 14.9. The van der Waals surface area contributed by atoms with E-state index >= 15 is 0 Å². The second kappa shape index (κ2) is 6.75. The summed E-state index contributed by atoms with van der Waals surface area (Å²) in [6.45, 7) is 2.93. The number of benzene rings is 1. The van der Waals surface area contributed by atoms with E-state index in [4.69, 9.17) is 16.3 Å². The molecule has 1 unspecified atom stereocenters. The van der Waals surface area contributed by atoms with Crippen molar-refractivity contribution in [2.24, 2.45) is 0 Å². The van der Waals surface area contributed by atoms with Crippen LogP contribution < -0.4 is 0 Å². The third kappa shape index (κ3) is 3.31. The molecule has 1 aliphatic rings. The maximum atomic E-state index is 12.4. The Balaban J connectivity index is 2.08. The fourth-order valence-corrected chi connectivity index (χ4v) is 2.44. The maximum absolute atomic E-state index is 12.4. The van der Waals surface area contributed by atoms with E-state index in [-0.39, 0.29) is 11.9 Å². The van der Waals surface area contributed by atoms with Crippen molar-refractivity contribution in [2.75, 3.05) is 13.2 Å². The average Bonchev–Trinajstić information content (AvgIpc) is 2.94. The number of likely N-dealkylation sites (tertiary alicyclic amines) is 1. The van der Waals surface area contributed by atoms with E-state index in [2.05, 4.69) is 0 Å². The van der Waals surface area contributed by atoms with Crippen LogP contribution in [-0.2, 0) is 9.53 Å². The molecule has 0 aromatic heterocycles. The van der Waals surface area contributed by atoms with Crippen LogP contribution in [0.2, 0.25) is 5.02 Å². The molecule has 1 fully saturated rings. The van der Waals surface area contributed by atoms with Crippen LogP contribution in [0, 0.1) is 0 Å².